The molecule has 0 amide bonds. The van der Waals surface area contributed by atoms with Gasteiger partial charge in [-0.1, -0.05) is 38.1 Å². The van der Waals surface area contributed by atoms with Crippen molar-refractivity contribution in [3.63, 3.8) is 0 Å². The molecule has 4 heteroatoms. The summed E-state index contributed by atoms with van der Waals surface area (Å²) in [5.74, 6) is 0.661. The van der Waals surface area contributed by atoms with E-state index in [0.29, 0.717) is 24.6 Å². The van der Waals surface area contributed by atoms with Gasteiger partial charge >= 0.3 is 0 Å². The second kappa shape index (κ2) is 9.76. The average Bonchev–Trinajstić information content (AvgIpc) is 2.62. The van der Waals surface area contributed by atoms with Crippen LogP contribution in [-0.4, -0.2) is 48.2 Å². The van der Waals surface area contributed by atoms with Gasteiger partial charge in [-0.3, -0.25) is 0 Å². The van der Waals surface area contributed by atoms with E-state index in [9.17, 15) is 10.2 Å². The maximum absolute atomic E-state index is 10.5. The fourth-order valence-corrected chi connectivity index (χ4v) is 3.64. The molecule has 0 aliphatic heterocycles. The van der Waals surface area contributed by atoms with Crippen molar-refractivity contribution in [3.8, 4) is 11.5 Å². The van der Waals surface area contributed by atoms with Gasteiger partial charge in [0.15, 0.2) is 0 Å². The Kier molecular flexibility index (Phi) is 7.67. The predicted octanol–water partition coefficient (Wildman–Crippen LogP) is 4.95. The largest absolute Gasteiger partial charge is 0.508 e. The van der Waals surface area contributed by atoms with Gasteiger partial charge in [0, 0.05) is 24.2 Å². The van der Waals surface area contributed by atoms with E-state index >= 15 is 0 Å². The molecule has 4 nitrogen and oxygen atoms in total. The van der Waals surface area contributed by atoms with Crippen molar-refractivity contribution in [1.29, 1.82) is 0 Å². The summed E-state index contributed by atoms with van der Waals surface area (Å²) in [6.45, 7) is 5.68. The van der Waals surface area contributed by atoms with Gasteiger partial charge in [-0.05, 0) is 75.4 Å². The Morgan fingerprint density at radius 3 is 1.29 bits per heavy atom. The minimum Gasteiger partial charge on any atom is -0.508 e. The number of benzene rings is 2. The van der Waals surface area contributed by atoms with Crippen LogP contribution in [0.3, 0.4) is 0 Å². The first-order valence-electron chi connectivity index (χ1n) is 9.92. The van der Waals surface area contributed by atoms with E-state index in [0.717, 1.165) is 35.1 Å². The number of hydrogen-bond donors (Lipinski definition) is 2. The van der Waals surface area contributed by atoms with E-state index in [4.69, 9.17) is 0 Å². The number of allylic oxidation sites excluding steroid dienone is 2. The molecule has 0 atom stereocenters. The molecule has 0 aliphatic carbocycles. The highest BCUT2D eigenvalue weighted by Gasteiger charge is 2.13. The molecule has 2 N–H and O–H groups in total. The van der Waals surface area contributed by atoms with Crippen LogP contribution < -0.4 is 0 Å². The maximum Gasteiger partial charge on any atom is 0.120 e. The zero-order chi connectivity index (χ0) is 20.8. The van der Waals surface area contributed by atoms with Crippen LogP contribution in [0, 0.1) is 0 Å². The van der Waals surface area contributed by atoms with E-state index in [1.807, 2.05) is 62.3 Å². The van der Waals surface area contributed by atoms with Gasteiger partial charge < -0.3 is 20.0 Å². The molecule has 2 aromatic carbocycles. The first-order chi connectivity index (χ1) is 13.3. The highest BCUT2D eigenvalue weighted by atomic mass is 16.3. The summed E-state index contributed by atoms with van der Waals surface area (Å²) in [5.41, 5.74) is 6.33. The van der Waals surface area contributed by atoms with E-state index < -0.39 is 0 Å². The number of phenols is 2. The number of aromatic hydroxyl groups is 2. The molecule has 0 radical (unpaired) electrons. The number of nitrogens with zero attached hydrogens (tertiary/aromatic N) is 2. The zero-order valence-corrected chi connectivity index (χ0v) is 18.1. The molecule has 0 unspecified atom stereocenters. The van der Waals surface area contributed by atoms with Crippen LogP contribution in [0.4, 0.5) is 0 Å². The minimum absolute atomic E-state index is 0.330. The molecule has 2 aromatic rings. The van der Waals surface area contributed by atoms with Crippen LogP contribution >= 0.6 is 0 Å². The summed E-state index contributed by atoms with van der Waals surface area (Å²) in [6, 6.07) is 11.9. The molecule has 0 bridgehead atoms. The van der Waals surface area contributed by atoms with Gasteiger partial charge in [-0.2, -0.15) is 0 Å². The van der Waals surface area contributed by atoms with Crippen molar-refractivity contribution in [2.75, 3.05) is 28.2 Å². The maximum atomic E-state index is 10.5. The van der Waals surface area contributed by atoms with Crippen LogP contribution in [0.5, 0.6) is 11.5 Å². The molecular weight excluding hydrogens is 348 g/mol. The summed E-state index contributed by atoms with van der Waals surface area (Å²) < 4.78 is 0. The summed E-state index contributed by atoms with van der Waals surface area (Å²) >= 11 is 0. The van der Waals surface area contributed by atoms with Crippen LogP contribution in [-0.2, 0) is 13.1 Å². The highest BCUT2D eigenvalue weighted by molar-refractivity contribution is 5.91. The summed E-state index contributed by atoms with van der Waals surface area (Å²) in [7, 11) is 7.97. The molecule has 0 aromatic heterocycles. The molecule has 0 saturated carbocycles. The van der Waals surface area contributed by atoms with Gasteiger partial charge in [0.1, 0.15) is 11.5 Å². The topological polar surface area (TPSA) is 46.9 Å². The van der Waals surface area contributed by atoms with Crippen LogP contribution in [0.1, 0.15) is 48.9 Å². The van der Waals surface area contributed by atoms with Gasteiger partial charge in [-0.25, -0.2) is 0 Å². The Balaban J connectivity index is 2.48. The minimum atomic E-state index is 0.330. The number of hydrogen-bond acceptors (Lipinski definition) is 4. The molecular formula is C24H34N2O2. The standard InChI is InChI=1S/C24H34N2O2/c1-7-21(17-9-11-19(15-25(3)4)23(27)13-17)22(8-2)18-10-12-20(16-26(5)6)24(28)14-18/h9-14,27-28H,7-8,15-16H2,1-6H3/b22-21+. The smallest absolute Gasteiger partial charge is 0.120 e. The lowest BCUT2D eigenvalue weighted by Gasteiger charge is -2.18. The Bertz CT molecular complexity index is 769. The molecule has 0 heterocycles. The number of phenolic OH excluding ortho intramolecular Hbond substituents is 2. The van der Waals surface area contributed by atoms with Crippen LogP contribution in [0.15, 0.2) is 36.4 Å². The Morgan fingerprint density at radius 1 is 0.679 bits per heavy atom. The van der Waals surface area contributed by atoms with Gasteiger partial charge in [0.2, 0.25) is 0 Å². The third-order valence-corrected chi connectivity index (χ3v) is 4.91. The molecule has 152 valence electrons. The third kappa shape index (κ3) is 5.37. The normalized spacial score (nSPS) is 12.6. The fraction of sp³-hybridized carbons (Fsp3) is 0.417. The lowest BCUT2D eigenvalue weighted by atomic mass is 9.90. The Labute approximate surface area is 169 Å². The van der Waals surface area contributed by atoms with E-state index in [1.165, 1.54) is 11.1 Å². The van der Waals surface area contributed by atoms with Crippen molar-refractivity contribution in [3.05, 3.63) is 58.7 Å². The van der Waals surface area contributed by atoms with Gasteiger partial charge in [0.25, 0.3) is 0 Å². The Hall–Kier alpha value is -2.30. The van der Waals surface area contributed by atoms with Crippen molar-refractivity contribution in [1.82, 2.24) is 9.80 Å². The first kappa shape index (κ1) is 22.0. The predicted molar refractivity (Wildman–Crippen MR) is 118 cm³/mol. The second-order valence-electron chi connectivity index (χ2n) is 7.83. The van der Waals surface area contributed by atoms with Crippen molar-refractivity contribution < 1.29 is 10.2 Å². The van der Waals surface area contributed by atoms with Crippen LogP contribution in [0.2, 0.25) is 0 Å². The molecule has 28 heavy (non-hydrogen) atoms. The summed E-state index contributed by atoms with van der Waals surface area (Å²) in [4.78, 5) is 4.08. The average molecular weight is 383 g/mol. The first-order valence-corrected chi connectivity index (χ1v) is 9.92. The molecule has 2 rings (SSSR count). The molecule has 0 saturated heterocycles. The third-order valence-electron chi connectivity index (χ3n) is 4.91. The van der Waals surface area contributed by atoms with Gasteiger partial charge in [0.05, 0.1) is 0 Å². The molecule has 0 spiro atoms. The fourth-order valence-electron chi connectivity index (χ4n) is 3.64. The zero-order valence-electron chi connectivity index (χ0n) is 18.1. The van der Waals surface area contributed by atoms with E-state index in [-0.39, 0.29) is 0 Å². The van der Waals surface area contributed by atoms with Crippen molar-refractivity contribution in [2.24, 2.45) is 0 Å². The Morgan fingerprint density at radius 2 is 1.04 bits per heavy atom. The van der Waals surface area contributed by atoms with Crippen molar-refractivity contribution >= 4 is 11.1 Å². The van der Waals surface area contributed by atoms with E-state index in [1.54, 1.807) is 0 Å². The lowest BCUT2D eigenvalue weighted by molar-refractivity contribution is 0.386. The van der Waals surface area contributed by atoms with E-state index in [2.05, 4.69) is 26.0 Å². The second-order valence-corrected chi connectivity index (χ2v) is 7.83. The summed E-state index contributed by atoms with van der Waals surface area (Å²) in [6.07, 6.45) is 1.71. The quantitative estimate of drug-likeness (QED) is 0.634. The van der Waals surface area contributed by atoms with Crippen molar-refractivity contribution in [2.45, 2.75) is 39.8 Å². The summed E-state index contributed by atoms with van der Waals surface area (Å²) in [5, 5.41) is 21.0. The molecule has 0 fully saturated rings. The SMILES string of the molecule is CC/C(=C(/CC)c1ccc(CN(C)C)c(O)c1)c1ccc(CN(C)C)c(O)c1. The highest BCUT2D eigenvalue weighted by Crippen LogP contribution is 2.35. The van der Waals surface area contributed by atoms with Crippen LogP contribution in [0.25, 0.3) is 11.1 Å². The number of rotatable bonds is 8. The monoisotopic (exact) mass is 382 g/mol. The van der Waals surface area contributed by atoms with Gasteiger partial charge in [-0.15, -0.1) is 0 Å². The lowest BCUT2D eigenvalue weighted by Crippen LogP contribution is -2.11. The molecule has 0 aliphatic rings.